The van der Waals surface area contributed by atoms with Crippen LogP contribution in [-0.4, -0.2) is 18.4 Å². The molecule has 0 saturated carbocycles. The Bertz CT molecular complexity index is 95.7. The van der Waals surface area contributed by atoms with E-state index in [4.69, 9.17) is 0 Å². The minimum absolute atomic E-state index is 0.00292. The predicted molar refractivity (Wildman–Crippen MR) is 39.1 cm³/mol. The van der Waals surface area contributed by atoms with Crippen molar-refractivity contribution in [2.45, 2.75) is 20.8 Å². The fourth-order valence-electron chi connectivity index (χ4n) is 0.456. The van der Waals surface area contributed by atoms with Crippen LogP contribution in [0.2, 0.25) is 0 Å². The average molecular weight is 129 g/mol. The minimum Gasteiger partial charge on any atom is -0.742 e. The van der Waals surface area contributed by atoms with Gasteiger partial charge in [-0.15, -0.1) is 0 Å². The Morgan fingerprint density at radius 3 is 2.11 bits per heavy atom. The zero-order valence-electron chi connectivity index (χ0n) is 6.22. The first-order chi connectivity index (χ1) is 3.95. The highest BCUT2D eigenvalue weighted by molar-refractivity contribution is 5.22. The van der Waals surface area contributed by atoms with Crippen LogP contribution in [0, 0.1) is 10.6 Å². The van der Waals surface area contributed by atoms with Gasteiger partial charge in [0.2, 0.25) is 0 Å². The van der Waals surface area contributed by atoms with E-state index >= 15 is 0 Å². The summed E-state index contributed by atoms with van der Waals surface area (Å²) < 4.78 is 0. The predicted octanol–water partition coefficient (Wildman–Crippen LogP) is 1.45. The lowest BCUT2D eigenvalue weighted by molar-refractivity contribution is 0.262. The van der Waals surface area contributed by atoms with Crippen LogP contribution in [0.3, 0.4) is 0 Å². The highest BCUT2D eigenvalue weighted by Crippen LogP contribution is 2.13. The molecule has 3 heteroatoms. The fourth-order valence-corrected chi connectivity index (χ4v) is 0.456. The molecule has 0 rings (SSSR count). The molecule has 9 heavy (non-hydrogen) atoms. The summed E-state index contributed by atoms with van der Waals surface area (Å²) in [5.41, 5.74) is 0.00292. The fraction of sp³-hybridized carbons (Fsp3) is 0.833. The molecule has 0 heterocycles. The maximum Gasteiger partial charge on any atom is 0.0286 e. The molecule has 0 radical (unpaired) electrons. The minimum atomic E-state index is 0.00292. The van der Waals surface area contributed by atoms with Gasteiger partial charge < -0.3 is 10.4 Å². The maximum absolute atomic E-state index is 10.5. The zero-order chi connectivity index (χ0) is 7.49. The molecule has 0 aliphatic carbocycles. The van der Waals surface area contributed by atoms with Gasteiger partial charge in [-0.3, -0.25) is 0 Å². The van der Waals surface area contributed by atoms with E-state index in [0.717, 1.165) is 0 Å². The van der Waals surface area contributed by atoms with Gasteiger partial charge in [-0.05, 0) is 5.41 Å². The Morgan fingerprint density at radius 1 is 1.56 bits per heavy atom. The molecule has 0 spiro atoms. The van der Waals surface area contributed by atoms with Gasteiger partial charge in [0.05, 0.1) is 0 Å². The van der Waals surface area contributed by atoms with Gasteiger partial charge in [-0.25, -0.2) is 5.10 Å². The number of hydroxylamine groups is 1. The Hall–Kier alpha value is -0.570. The lowest BCUT2D eigenvalue weighted by Gasteiger charge is -2.31. The third kappa shape index (κ3) is 5.30. The molecule has 0 saturated heterocycles. The first-order valence-corrected chi connectivity index (χ1v) is 2.87. The molecule has 0 unspecified atom stereocenters. The first kappa shape index (κ1) is 8.43. The van der Waals surface area contributed by atoms with Crippen LogP contribution in [0.1, 0.15) is 20.8 Å². The van der Waals surface area contributed by atoms with Crippen molar-refractivity contribution in [3.63, 3.8) is 0 Å². The second-order valence-electron chi connectivity index (χ2n) is 3.21. The Kier molecular flexibility index (Phi) is 2.65. The second-order valence-corrected chi connectivity index (χ2v) is 3.21. The highest BCUT2D eigenvalue weighted by atomic mass is 16.5. The van der Waals surface area contributed by atoms with Crippen LogP contribution in [0.5, 0.6) is 0 Å². The van der Waals surface area contributed by atoms with Crippen molar-refractivity contribution in [2.24, 2.45) is 10.5 Å². The van der Waals surface area contributed by atoms with Gasteiger partial charge in [-0.2, -0.15) is 0 Å². The van der Waals surface area contributed by atoms with E-state index in [0.29, 0.717) is 11.7 Å². The normalized spacial score (nSPS) is 11.1. The van der Waals surface area contributed by atoms with Gasteiger partial charge in [-0.1, -0.05) is 20.8 Å². The van der Waals surface area contributed by atoms with Crippen LogP contribution < -0.4 is 0 Å². The largest absolute Gasteiger partial charge is 0.742 e. The summed E-state index contributed by atoms with van der Waals surface area (Å²) >= 11 is 0. The van der Waals surface area contributed by atoms with Crippen LogP contribution in [0.25, 0.3) is 0 Å². The molecule has 3 nitrogen and oxygen atoms in total. The summed E-state index contributed by atoms with van der Waals surface area (Å²) in [6.07, 6.45) is 0. The molecule has 0 amide bonds. The van der Waals surface area contributed by atoms with Gasteiger partial charge in [0.1, 0.15) is 0 Å². The van der Waals surface area contributed by atoms with E-state index in [2.05, 4.69) is 11.8 Å². The molecule has 0 N–H and O–H groups in total. The van der Waals surface area contributed by atoms with Crippen molar-refractivity contribution in [3.8, 4) is 0 Å². The van der Waals surface area contributed by atoms with Crippen molar-refractivity contribution < 1.29 is 0 Å². The monoisotopic (exact) mass is 129 g/mol. The van der Waals surface area contributed by atoms with E-state index in [-0.39, 0.29) is 5.41 Å². The quantitative estimate of drug-likeness (QED) is 0.418. The number of nitrogens with zero attached hydrogens (tertiary/aromatic N) is 2. The summed E-state index contributed by atoms with van der Waals surface area (Å²) in [7, 11) is 0. The first-order valence-electron chi connectivity index (χ1n) is 2.87. The van der Waals surface area contributed by atoms with Crippen molar-refractivity contribution in [3.05, 3.63) is 5.21 Å². The van der Waals surface area contributed by atoms with E-state index in [9.17, 15) is 5.21 Å². The standard InChI is InChI=1S/C6H13N2O/c1-6(2,3)5-8(9)7-4/h4-5H2,1-3H3/q-1. The van der Waals surface area contributed by atoms with Gasteiger partial charge >= 0.3 is 0 Å². The Balaban J connectivity index is 3.59. The van der Waals surface area contributed by atoms with E-state index < -0.39 is 0 Å². The van der Waals surface area contributed by atoms with Crippen molar-refractivity contribution in [1.82, 2.24) is 5.17 Å². The molecule has 0 atom stereocenters. The Morgan fingerprint density at radius 2 is 2.00 bits per heavy atom. The van der Waals surface area contributed by atoms with Crippen molar-refractivity contribution in [1.29, 1.82) is 0 Å². The number of hydrogen-bond donors (Lipinski definition) is 0. The average Bonchev–Trinajstić information content (AvgIpc) is 1.62. The molecule has 0 aliphatic heterocycles. The summed E-state index contributed by atoms with van der Waals surface area (Å²) in [4.78, 5) is 0. The van der Waals surface area contributed by atoms with Crippen molar-refractivity contribution >= 4 is 6.72 Å². The topological polar surface area (TPSA) is 38.7 Å². The molecule has 0 aromatic rings. The molecular formula is C6H13N2O-. The Labute approximate surface area is 55.9 Å². The third-order valence-electron chi connectivity index (χ3n) is 0.767. The van der Waals surface area contributed by atoms with E-state index in [1.807, 2.05) is 20.8 Å². The van der Waals surface area contributed by atoms with E-state index in [1.165, 1.54) is 0 Å². The SMILES string of the molecule is C=NN([O-])CC(C)(C)C. The van der Waals surface area contributed by atoms with Crippen molar-refractivity contribution in [2.75, 3.05) is 6.54 Å². The maximum atomic E-state index is 10.5. The van der Waals surface area contributed by atoms with Gasteiger partial charge in [0.25, 0.3) is 0 Å². The van der Waals surface area contributed by atoms with Crippen LogP contribution in [-0.2, 0) is 0 Å². The lowest BCUT2D eigenvalue weighted by Crippen LogP contribution is -2.23. The molecule has 54 valence electrons. The van der Waals surface area contributed by atoms with Crippen LogP contribution in [0.15, 0.2) is 5.10 Å². The van der Waals surface area contributed by atoms with Gasteiger partial charge in [0, 0.05) is 13.3 Å². The molecule has 0 aromatic carbocycles. The highest BCUT2D eigenvalue weighted by Gasteiger charge is 2.09. The number of hydrogen-bond acceptors (Lipinski definition) is 3. The zero-order valence-corrected chi connectivity index (χ0v) is 6.22. The molecular weight excluding hydrogens is 116 g/mol. The molecule has 0 aliphatic rings. The molecule has 0 aromatic heterocycles. The van der Waals surface area contributed by atoms with Crippen LogP contribution >= 0.6 is 0 Å². The summed E-state index contributed by atoms with van der Waals surface area (Å²) in [5, 5.41) is 14.3. The third-order valence-corrected chi connectivity index (χ3v) is 0.767. The number of rotatable bonds is 2. The molecule has 0 bridgehead atoms. The lowest BCUT2D eigenvalue weighted by atomic mass is 9.97. The molecule has 0 fully saturated rings. The van der Waals surface area contributed by atoms with Gasteiger partial charge in [0.15, 0.2) is 0 Å². The van der Waals surface area contributed by atoms with E-state index in [1.54, 1.807) is 0 Å². The smallest absolute Gasteiger partial charge is 0.0286 e. The van der Waals surface area contributed by atoms with Crippen LogP contribution in [0.4, 0.5) is 0 Å². The number of hydrazone groups is 1. The second kappa shape index (κ2) is 2.82. The summed E-state index contributed by atoms with van der Waals surface area (Å²) in [5.74, 6) is 0. The summed E-state index contributed by atoms with van der Waals surface area (Å²) in [6.45, 7) is 9.43. The summed E-state index contributed by atoms with van der Waals surface area (Å²) in [6, 6.07) is 0.